The van der Waals surface area contributed by atoms with E-state index in [9.17, 15) is 13.2 Å². The molecule has 1 saturated heterocycles. The Morgan fingerprint density at radius 1 is 1.22 bits per heavy atom. The zero-order valence-corrected chi connectivity index (χ0v) is 11.5. The summed E-state index contributed by atoms with van der Waals surface area (Å²) < 4.78 is 23.9. The number of nitrogens with zero attached hydrogens (tertiary/aromatic N) is 1. The number of hydrogen-bond acceptors (Lipinski definition) is 4. The summed E-state index contributed by atoms with van der Waals surface area (Å²) in [6.07, 6.45) is 4.78. The SMILES string of the molecule is NCCCN(C(=O)C1CCCCS1(=O)=O)C1CC1. The Kier molecular flexibility index (Phi) is 4.27. The van der Waals surface area contributed by atoms with Gasteiger partial charge >= 0.3 is 0 Å². The largest absolute Gasteiger partial charge is 0.339 e. The molecule has 6 heteroatoms. The molecule has 2 rings (SSSR count). The molecule has 1 aliphatic heterocycles. The van der Waals surface area contributed by atoms with E-state index in [1.165, 1.54) is 0 Å². The molecule has 1 unspecified atom stereocenters. The first-order chi connectivity index (χ1) is 8.56. The lowest BCUT2D eigenvalue weighted by Crippen LogP contribution is -2.46. The zero-order chi connectivity index (χ0) is 13.2. The summed E-state index contributed by atoms with van der Waals surface area (Å²) in [5.41, 5.74) is 5.47. The van der Waals surface area contributed by atoms with Crippen LogP contribution < -0.4 is 5.73 Å². The third-order valence-electron chi connectivity index (χ3n) is 3.73. The summed E-state index contributed by atoms with van der Waals surface area (Å²) >= 11 is 0. The van der Waals surface area contributed by atoms with E-state index < -0.39 is 15.1 Å². The first-order valence-corrected chi connectivity index (χ1v) is 8.50. The zero-order valence-electron chi connectivity index (χ0n) is 10.7. The lowest BCUT2D eigenvalue weighted by Gasteiger charge is -2.29. The Balaban J connectivity index is 2.07. The van der Waals surface area contributed by atoms with Gasteiger partial charge in [-0.2, -0.15) is 0 Å². The van der Waals surface area contributed by atoms with Crippen LogP contribution in [0.15, 0.2) is 0 Å². The summed E-state index contributed by atoms with van der Waals surface area (Å²) in [4.78, 5) is 14.2. The van der Waals surface area contributed by atoms with Crippen LogP contribution in [0.25, 0.3) is 0 Å². The molecule has 0 aromatic carbocycles. The lowest BCUT2D eigenvalue weighted by molar-refractivity contribution is -0.131. The molecule has 0 aromatic heterocycles. The fourth-order valence-electron chi connectivity index (χ4n) is 2.54. The molecule has 1 atom stereocenters. The van der Waals surface area contributed by atoms with Crippen molar-refractivity contribution in [2.24, 2.45) is 5.73 Å². The predicted molar refractivity (Wildman–Crippen MR) is 69.8 cm³/mol. The molecule has 2 fully saturated rings. The Morgan fingerprint density at radius 2 is 1.94 bits per heavy atom. The maximum atomic E-state index is 12.4. The molecule has 0 radical (unpaired) electrons. The van der Waals surface area contributed by atoms with Crippen molar-refractivity contribution in [2.45, 2.75) is 49.8 Å². The summed E-state index contributed by atoms with van der Waals surface area (Å²) in [6.45, 7) is 1.14. The van der Waals surface area contributed by atoms with Gasteiger partial charge in [-0.3, -0.25) is 4.79 Å². The molecule has 0 aromatic rings. The van der Waals surface area contributed by atoms with E-state index in [2.05, 4.69) is 0 Å². The minimum Gasteiger partial charge on any atom is -0.339 e. The van der Waals surface area contributed by atoms with E-state index in [0.29, 0.717) is 25.9 Å². The van der Waals surface area contributed by atoms with Gasteiger partial charge in [0, 0.05) is 12.6 Å². The highest BCUT2D eigenvalue weighted by atomic mass is 32.2. The topological polar surface area (TPSA) is 80.5 Å². The Hall–Kier alpha value is -0.620. The standard InChI is InChI=1S/C12H22N2O3S/c13-7-3-8-14(10-5-6-10)12(15)11-4-1-2-9-18(11,16)17/h10-11H,1-9,13H2. The minimum atomic E-state index is -3.22. The molecule has 5 nitrogen and oxygen atoms in total. The molecule has 1 saturated carbocycles. The maximum absolute atomic E-state index is 12.4. The fourth-order valence-corrected chi connectivity index (χ4v) is 4.40. The molecule has 0 spiro atoms. The van der Waals surface area contributed by atoms with Crippen LogP contribution in [0.5, 0.6) is 0 Å². The van der Waals surface area contributed by atoms with Crippen molar-refractivity contribution in [1.29, 1.82) is 0 Å². The van der Waals surface area contributed by atoms with Gasteiger partial charge in [0.2, 0.25) is 5.91 Å². The van der Waals surface area contributed by atoms with Crippen LogP contribution in [0.1, 0.15) is 38.5 Å². The minimum absolute atomic E-state index is 0.165. The summed E-state index contributed by atoms with van der Waals surface area (Å²) in [6, 6.07) is 0.265. The predicted octanol–water partition coefficient (Wildman–Crippen LogP) is 0.294. The number of nitrogens with two attached hydrogens (primary N) is 1. The van der Waals surface area contributed by atoms with Crippen molar-refractivity contribution in [3.8, 4) is 0 Å². The van der Waals surface area contributed by atoms with Crippen molar-refractivity contribution >= 4 is 15.7 Å². The van der Waals surface area contributed by atoms with Crippen LogP contribution in [0.3, 0.4) is 0 Å². The van der Waals surface area contributed by atoms with E-state index in [-0.39, 0.29) is 17.7 Å². The van der Waals surface area contributed by atoms with Crippen molar-refractivity contribution in [3.63, 3.8) is 0 Å². The van der Waals surface area contributed by atoms with E-state index in [4.69, 9.17) is 5.73 Å². The molecule has 18 heavy (non-hydrogen) atoms. The van der Waals surface area contributed by atoms with Gasteiger partial charge in [-0.15, -0.1) is 0 Å². The quantitative estimate of drug-likeness (QED) is 0.781. The number of carbonyl (C=O) groups is 1. The highest BCUT2D eigenvalue weighted by molar-refractivity contribution is 7.92. The molecule has 2 N–H and O–H groups in total. The third kappa shape index (κ3) is 3.03. The Morgan fingerprint density at radius 3 is 2.50 bits per heavy atom. The smallest absolute Gasteiger partial charge is 0.241 e. The molecule has 1 aliphatic carbocycles. The fraction of sp³-hybridized carbons (Fsp3) is 0.917. The first-order valence-electron chi connectivity index (χ1n) is 6.78. The molecule has 1 heterocycles. The molecule has 104 valence electrons. The van der Waals surface area contributed by atoms with Gasteiger partial charge in [-0.25, -0.2) is 8.42 Å². The maximum Gasteiger partial charge on any atom is 0.241 e. The van der Waals surface area contributed by atoms with Crippen molar-refractivity contribution in [3.05, 3.63) is 0 Å². The van der Waals surface area contributed by atoms with Crippen LogP contribution >= 0.6 is 0 Å². The highest BCUT2D eigenvalue weighted by Gasteiger charge is 2.41. The molecule has 2 aliphatic rings. The van der Waals surface area contributed by atoms with Crippen molar-refractivity contribution in [1.82, 2.24) is 4.90 Å². The molecule has 0 bridgehead atoms. The van der Waals surface area contributed by atoms with Gasteiger partial charge in [-0.1, -0.05) is 6.42 Å². The van der Waals surface area contributed by atoms with Gasteiger partial charge in [-0.05, 0) is 38.6 Å². The normalized spacial score (nSPS) is 26.8. The second-order valence-electron chi connectivity index (χ2n) is 5.26. The second kappa shape index (κ2) is 5.57. The van der Waals surface area contributed by atoms with Gasteiger partial charge in [0.25, 0.3) is 0 Å². The van der Waals surface area contributed by atoms with Crippen LogP contribution in [0, 0.1) is 0 Å². The van der Waals surface area contributed by atoms with Gasteiger partial charge in [0.1, 0.15) is 5.25 Å². The Bertz CT molecular complexity index is 404. The average Bonchev–Trinajstić information content (AvgIpc) is 3.13. The van der Waals surface area contributed by atoms with Crippen LogP contribution in [0.2, 0.25) is 0 Å². The summed E-state index contributed by atoms with van der Waals surface area (Å²) in [7, 11) is -3.22. The number of amides is 1. The number of carbonyl (C=O) groups excluding carboxylic acids is 1. The van der Waals surface area contributed by atoms with Gasteiger partial charge in [0.15, 0.2) is 9.84 Å². The van der Waals surface area contributed by atoms with Crippen LogP contribution in [-0.2, 0) is 14.6 Å². The second-order valence-corrected chi connectivity index (χ2v) is 7.56. The van der Waals surface area contributed by atoms with Crippen LogP contribution in [0.4, 0.5) is 0 Å². The number of sulfone groups is 1. The third-order valence-corrected chi connectivity index (χ3v) is 5.89. The number of hydrogen-bond donors (Lipinski definition) is 1. The highest BCUT2D eigenvalue weighted by Crippen LogP contribution is 2.30. The van der Waals surface area contributed by atoms with E-state index >= 15 is 0 Å². The monoisotopic (exact) mass is 274 g/mol. The van der Waals surface area contributed by atoms with Gasteiger partial charge < -0.3 is 10.6 Å². The van der Waals surface area contributed by atoms with E-state index in [1.807, 2.05) is 0 Å². The lowest BCUT2D eigenvalue weighted by atomic mass is 10.1. The molecule has 1 amide bonds. The van der Waals surface area contributed by atoms with Crippen molar-refractivity contribution < 1.29 is 13.2 Å². The Labute approximate surface area is 109 Å². The summed E-state index contributed by atoms with van der Waals surface area (Å²) in [5.74, 6) is -0.00985. The first kappa shape index (κ1) is 13.8. The van der Waals surface area contributed by atoms with Crippen molar-refractivity contribution in [2.75, 3.05) is 18.8 Å². The van der Waals surface area contributed by atoms with Gasteiger partial charge in [0.05, 0.1) is 5.75 Å². The van der Waals surface area contributed by atoms with Crippen LogP contribution in [-0.4, -0.2) is 49.4 Å². The number of rotatable bonds is 5. The van der Waals surface area contributed by atoms with E-state index in [0.717, 1.165) is 25.7 Å². The summed E-state index contributed by atoms with van der Waals surface area (Å²) in [5, 5.41) is -0.787. The molecular weight excluding hydrogens is 252 g/mol. The average molecular weight is 274 g/mol. The van der Waals surface area contributed by atoms with E-state index in [1.54, 1.807) is 4.90 Å². The molecular formula is C12H22N2O3S.